The molecule has 1 aliphatic rings. The van der Waals surface area contributed by atoms with Crippen molar-refractivity contribution in [3.8, 4) is 0 Å². The second-order valence-electron chi connectivity index (χ2n) is 4.81. The summed E-state index contributed by atoms with van der Waals surface area (Å²) in [5.41, 5.74) is 0.432. The molecule has 2 rings (SSSR count). The fourth-order valence-electron chi connectivity index (χ4n) is 1.75. The van der Waals surface area contributed by atoms with Crippen LogP contribution in [0.4, 0.5) is 4.39 Å². The van der Waals surface area contributed by atoms with Gasteiger partial charge in [0.25, 0.3) is 0 Å². The number of carboxylic acid groups (broad SMARTS) is 1. The minimum Gasteiger partial charge on any atom is -0.478 e. The minimum atomic E-state index is -1.24. The summed E-state index contributed by atoms with van der Waals surface area (Å²) >= 11 is 0. The van der Waals surface area contributed by atoms with E-state index in [-0.39, 0.29) is 5.56 Å². The van der Waals surface area contributed by atoms with E-state index >= 15 is 0 Å². The molecule has 0 saturated heterocycles. The molecule has 0 aromatic heterocycles. The van der Waals surface area contributed by atoms with Crippen LogP contribution < -0.4 is 5.32 Å². The van der Waals surface area contributed by atoms with Crippen molar-refractivity contribution in [3.63, 3.8) is 0 Å². The van der Waals surface area contributed by atoms with Crippen LogP contribution in [-0.2, 0) is 11.3 Å². The summed E-state index contributed by atoms with van der Waals surface area (Å²) in [5.74, 6) is -1.18. The fourth-order valence-corrected chi connectivity index (χ4v) is 1.75. The van der Waals surface area contributed by atoms with Crippen LogP contribution in [0.25, 0.3) is 0 Å². The number of halogens is 1. The largest absolute Gasteiger partial charge is 0.478 e. The highest BCUT2D eigenvalue weighted by molar-refractivity contribution is 5.87. The van der Waals surface area contributed by atoms with E-state index in [2.05, 4.69) is 5.32 Å². The molecule has 0 spiro atoms. The van der Waals surface area contributed by atoms with Crippen molar-refractivity contribution in [2.24, 2.45) is 5.92 Å². The van der Waals surface area contributed by atoms with Gasteiger partial charge in [0.1, 0.15) is 5.82 Å². The van der Waals surface area contributed by atoms with Gasteiger partial charge in [-0.05, 0) is 36.5 Å². The van der Waals surface area contributed by atoms with Gasteiger partial charge in [0, 0.05) is 19.7 Å². The van der Waals surface area contributed by atoms with Crippen molar-refractivity contribution in [1.29, 1.82) is 0 Å². The van der Waals surface area contributed by atoms with Crippen molar-refractivity contribution >= 4 is 5.97 Å². The first kappa shape index (κ1) is 14.0. The normalized spacial score (nSPS) is 14.6. The SMILES string of the molecule is O=C(O)c1ccc(CNCCOCC2CC2)cc1F. The summed E-state index contributed by atoms with van der Waals surface area (Å²) in [5, 5.41) is 11.8. The van der Waals surface area contributed by atoms with E-state index in [1.165, 1.54) is 25.0 Å². The average molecular weight is 267 g/mol. The van der Waals surface area contributed by atoms with Crippen molar-refractivity contribution < 1.29 is 19.0 Å². The van der Waals surface area contributed by atoms with Crippen LogP contribution in [0.15, 0.2) is 18.2 Å². The lowest BCUT2D eigenvalue weighted by molar-refractivity contribution is 0.0692. The van der Waals surface area contributed by atoms with Gasteiger partial charge in [-0.3, -0.25) is 0 Å². The first-order valence-electron chi connectivity index (χ1n) is 6.47. The maximum atomic E-state index is 13.4. The maximum absolute atomic E-state index is 13.4. The average Bonchev–Trinajstić information content (AvgIpc) is 3.17. The molecule has 0 heterocycles. The minimum absolute atomic E-state index is 0.295. The Kier molecular flexibility index (Phi) is 4.87. The third-order valence-corrected chi connectivity index (χ3v) is 3.07. The van der Waals surface area contributed by atoms with Gasteiger partial charge in [-0.15, -0.1) is 0 Å². The molecule has 0 atom stereocenters. The van der Waals surface area contributed by atoms with Crippen LogP contribution in [0, 0.1) is 11.7 Å². The van der Waals surface area contributed by atoms with Crippen LogP contribution in [-0.4, -0.2) is 30.8 Å². The van der Waals surface area contributed by atoms with Gasteiger partial charge in [0.05, 0.1) is 12.2 Å². The number of hydrogen-bond acceptors (Lipinski definition) is 3. The lowest BCUT2D eigenvalue weighted by Gasteiger charge is -2.07. The van der Waals surface area contributed by atoms with Gasteiger partial charge in [0.15, 0.2) is 0 Å². The Hall–Kier alpha value is -1.46. The number of hydrogen-bond donors (Lipinski definition) is 2. The highest BCUT2D eigenvalue weighted by atomic mass is 19.1. The standard InChI is InChI=1S/C14H18FNO3/c15-13-7-11(3-4-12(13)14(17)18)8-16-5-6-19-9-10-1-2-10/h3-4,7,10,16H,1-2,5-6,8-9H2,(H,17,18). The topological polar surface area (TPSA) is 58.6 Å². The molecule has 1 fully saturated rings. The second kappa shape index (κ2) is 6.63. The van der Waals surface area contributed by atoms with E-state index in [0.29, 0.717) is 19.7 Å². The highest BCUT2D eigenvalue weighted by Crippen LogP contribution is 2.28. The molecule has 5 heteroatoms. The van der Waals surface area contributed by atoms with E-state index in [0.717, 1.165) is 18.1 Å². The van der Waals surface area contributed by atoms with Crippen LogP contribution in [0.1, 0.15) is 28.8 Å². The van der Waals surface area contributed by atoms with Crippen LogP contribution in [0.5, 0.6) is 0 Å². The first-order chi connectivity index (χ1) is 9.16. The zero-order chi connectivity index (χ0) is 13.7. The molecular weight excluding hydrogens is 249 g/mol. The predicted molar refractivity (Wildman–Crippen MR) is 68.6 cm³/mol. The van der Waals surface area contributed by atoms with Gasteiger partial charge < -0.3 is 15.2 Å². The summed E-state index contributed by atoms with van der Waals surface area (Å²) in [6.45, 7) is 2.69. The van der Waals surface area contributed by atoms with Crippen LogP contribution in [0.2, 0.25) is 0 Å². The Morgan fingerprint density at radius 1 is 1.47 bits per heavy atom. The van der Waals surface area contributed by atoms with Gasteiger partial charge >= 0.3 is 5.97 Å². The van der Waals surface area contributed by atoms with Crippen molar-refractivity contribution in [2.75, 3.05) is 19.8 Å². The third-order valence-electron chi connectivity index (χ3n) is 3.07. The van der Waals surface area contributed by atoms with E-state index in [1.807, 2.05) is 0 Å². The third kappa shape index (κ3) is 4.61. The van der Waals surface area contributed by atoms with Gasteiger partial charge in [-0.2, -0.15) is 0 Å². The molecule has 0 radical (unpaired) electrons. The van der Waals surface area contributed by atoms with Crippen molar-refractivity contribution in [2.45, 2.75) is 19.4 Å². The number of nitrogens with one attached hydrogen (secondary N) is 1. The monoisotopic (exact) mass is 267 g/mol. The molecule has 0 aliphatic heterocycles. The summed E-state index contributed by atoms with van der Waals surface area (Å²) in [6, 6.07) is 4.16. The zero-order valence-electron chi connectivity index (χ0n) is 10.7. The van der Waals surface area contributed by atoms with E-state index < -0.39 is 11.8 Å². The Morgan fingerprint density at radius 3 is 2.89 bits per heavy atom. The lowest BCUT2D eigenvalue weighted by Crippen LogP contribution is -2.20. The summed E-state index contributed by atoms with van der Waals surface area (Å²) in [7, 11) is 0. The maximum Gasteiger partial charge on any atom is 0.338 e. The summed E-state index contributed by atoms with van der Waals surface area (Å²) in [6.07, 6.45) is 2.56. The van der Waals surface area contributed by atoms with Gasteiger partial charge in [-0.25, -0.2) is 9.18 Å². The van der Waals surface area contributed by atoms with Gasteiger partial charge in [-0.1, -0.05) is 6.07 Å². The molecule has 1 aromatic carbocycles. The van der Waals surface area contributed by atoms with Crippen molar-refractivity contribution in [3.05, 3.63) is 35.1 Å². The predicted octanol–water partition coefficient (Wildman–Crippen LogP) is 2.04. The number of rotatable bonds is 8. The quantitative estimate of drug-likeness (QED) is 0.708. The molecule has 104 valence electrons. The van der Waals surface area contributed by atoms with E-state index in [4.69, 9.17) is 9.84 Å². The number of ether oxygens (including phenoxy) is 1. The summed E-state index contributed by atoms with van der Waals surface area (Å²) < 4.78 is 18.8. The Bertz CT molecular complexity index is 446. The number of aromatic carboxylic acids is 1. The molecular formula is C14H18FNO3. The molecule has 1 saturated carbocycles. The summed E-state index contributed by atoms with van der Waals surface area (Å²) in [4.78, 5) is 10.7. The van der Waals surface area contributed by atoms with Crippen LogP contribution in [0.3, 0.4) is 0 Å². The van der Waals surface area contributed by atoms with Crippen molar-refractivity contribution in [1.82, 2.24) is 5.32 Å². The highest BCUT2D eigenvalue weighted by Gasteiger charge is 2.20. The van der Waals surface area contributed by atoms with E-state index in [1.54, 1.807) is 6.07 Å². The lowest BCUT2D eigenvalue weighted by atomic mass is 10.1. The van der Waals surface area contributed by atoms with Crippen LogP contribution >= 0.6 is 0 Å². The van der Waals surface area contributed by atoms with Gasteiger partial charge in [0.2, 0.25) is 0 Å². The number of benzene rings is 1. The van der Waals surface area contributed by atoms with E-state index in [9.17, 15) is 9.18 Å². The molecule has 1 aliphatic carbocycles. The Balaban J connectivity index is 1.67. The second-order valence-corrected chi connectivity index (χ2v) is 4.81. The molecule has 19 heavy (non-hydrogen) atoms. The molecule has 0 bridgehead atoms. The molecule has 0 amide bonds. The number of carboxylic acids is 1. The first-order valence-corrected chi connectivity index (χ1v) is 6.47. The molecule has 4 nitrogen and oxygen atoms in total. The Morgan fingerprint density at radius 2 is 2.26 bits per heavy atom. The molecule has 1 aromatic rings. The zero-order valence-corrected chi connectivity index (χ0v) is 10.7. The Labute approximate surface area is 111 Å². The molecule has 2 N–H and O–H groups in total. The molecule has 0 unspecified atom stereocenters. The smallest absolute Gasteiger partial charge is 0.338 e. The number of carbonyl (C=O) groups is 1. The fraction of sp³-hybridized carbons (Fsp3) is 0.500.